The van der Waals surface area contributed by atoms with Gasteiger partial charge in [-0.25, -0.2) is 0 Å². The summed E-state index contributed by atoms with van der Waals surface area (Å²) in [5.74, 6) is 1.18. The van der Waals surface area contributed by atoms with E-state index >= 15 is 0 Å². The topological polar surface area (TPSA) is 47.6 Å². The van der Waals surface area contributed by atoms with Crippen LogP contribution in [0.5, 0.6) is 11.5 Å². The highest BCUT2D eigenvalue weighted by atomic mass is 16.5. The normalized spacial score (nSPS) is 22.2. The highest BCUT2D eigenvalue weighted by Crippen LogP contribution is 2.32. The molecular weight excluding hydrogens is 230 g/mol. The third-order valence-corrected chi connectivity index (χ3v) is 2.96. The summed E-state index contributed by atoms with van der Waals surface area (Å²) in [5, 5.41) is 2.86. The Balaban J connectivity index is 2.32. The van der Waals surface area contributed by atoms with E-state index in [2.05, 4.69) is 5.32 Å². The molecule has 0 radical (unpaired) electrons. The summed E-state index contributed by atoms with van der Waals surface area (Å²) in [7, 11) is 0. The lowest BCUT2D eigenvalue weighted by Crippen LogP contribution is -2.53. The van der Waals surface area contributed by atoms with Crippen LogP contribution in [0.15, 0.2) is 18.2 Å². The van der Waals surface area contributed by atoms with Crippen molar-refractivity contribution in [1.29, 1.82) is 0 Å². The SMILES string of the molecule is CCC1(C)NC(=O)c2cc(OC(C)C)ccc2O1. The van der Waals surface area contributed by atoms with E-state index in [-0.39, 0.29) is 12.0 Å². The molecule has 0 fully saturated rings. The maximum absolute atomic E-state index is 12.1. The molecule has 1 aromatic carbocycles. The minimum Gasteiger partial charge on any atom is -0.491 e. The number of amides is 1. The van der Waals surface area contributed by atoms with Gasteiger partial charge in [-0.3, -0.25) is 4.79 Å². The Morgan fingerprint density at radius 1 is 1.44 bits per heavy atom. The lowest BCUT2D eigenvalue weighted by molar-refractivity contribution is 0.0288. The fourth-order valence-electron chi connectivity index (χ4n) is 1.86. The Kier molecular flexibility index (Phi) is 3.20. The molecule has 1 atom stereocenters. The molecular formula is C14H19NO3. The first-order valence-electron chi connectivity index (χ1n) is 6.26. The van der Waals surface area contributed by atoms with Crippen LogP contribution in [0.3, 0.4) is 0 Å². The van der Waals surface area contributed by atoms with Crippen LogP contribution in [0.1, 0.15) is 44.5 Å². The van der Waals surface area contributed by atoms with E-state index in [1.54, 1.807) is 12.1 Å². The van der Waals surface area contributed by atoms with Gasteiger partial charge in [0.15, 0.2) is 5.72 Å². The molecule has 1 aromatic rings. The third kappa shape index (κ3) is 2.42. The molecule has 2 rings (SSSR count). The van der Waals surface area contributed by atoms with Gasteiger partial charge in [0.25, 0.3) is 5.91 Å². The number of hydrogen-bond acceptors (Lipinski definition) is 3. The quantitative estimate of drug-likeness (QED) is 0.896. The van der Waals surface area contributed by atoms with Crippen LogP contribution in [-0.4, -0.2) is 17.7 Å². The fourth-order valence-corrected chi connectivity index (χ4v) is 1.86. The summed E-state index contributed by atoms with van der Waals surface area (Å²) in [6.45, 7) is 7.74. The molecule has 4 heteroatoms. The number of carbonyl (C=O) groups excluding carboxylic acids is 1. The summed E-state index contributed by atoms with van der Waals surface area (Å²) in [6.07, 6.45) is 0.791. The van der Waals surface area contributed by atoms with Gasteiger partial charge in [-0.1, -0.05) is 6.92 Å². The Morgan fingerprint density at radius 2 is 2.17 bits per heavy atom. The largest absolute Gasteiger partial charge is 0.491 e. The molecule has 18 heavy (non-hydrogen) atoms. The Morgan fingerprint density at radius 3 is 2.78 bits per heavy atom. The highest BCUT2D eigenvalue weighted by molar-refractivity contribution is 5.98. The van der Waals surface area contributed by atoms with E-state index in [0.717, 1.165) is 0 Å². The molecule has 1 aliphatic rings. The zero-order valence-electron chi connectivity index (χ0n) is 11.2. The van der Waals surface area contributed by atoms with E-state index in [4.69, 9.17) is 9.47 Å². The van der Waals surface area contributed by atoms with E-state index in [1.165, 1.54) is 0 Å². The van der Waals surface area contributed by atoms with Crippen molar-refractivity contribution in [3.05, 3.63) is 23.8 Å². The number of rotatable bonds is 3. The fraction of sp³-hybridized carbons (Fsp3) is 0.500. The molecule has 1 heterocycles. The molecule has 0 saturated carbocycles. The molecule has 0 bridgehead atoms. The first kappa shape index (κ1) is 12.7. The Labute approximate surface area is 107 Å². The first-order chi connectivity index (χ1) is 8.43. The third-order valence-electron chi connectivity index (χ3n) is 2.96. The van der Waals surface area contributed by atoms with Crippen molar-refractivity contribution in [3.63, 3.8) is 0 Å². The van der Waals surface area contributed by atoms with E-state index in [1.807, 2.05) is 33.8 Å². The average molecular weight is 249 g/mol. The summed E-state index contributed by atoms with van der Waals surface area (Å²) in [5.41, 5.74) is -0.0936. The molecule has 0 aliphatic carbocycles. The van der Waals surface area contributed by atoms with Gasteiger partial charge in [0, 0.05) is 6.42 Å². The van der Waals surface area contributed by atoms with E-state index < -0.39 is 5.72 Å². The molecule has 98 valence electrons. The summed E-state index contributed by atoms with van der Waals surface area (Å²) < 4.78 is 11.4. The van der Waals surface area contributed by atoms with Crippen molar-refractivity contribution in [2.24, 2.45) is 0 Å². The van der Waals surface area contributed by atoms with Crippen molar-refractivity contribution < 1.29 is 14.3 Å². The van der Waals surface area contributed by atoms with Gasteiger partial charge in [0.1, 0.15) is 11.5 Å². The maximum atomic E-state index is 12.1. The zero-order valence-corrected chi connectivity index (χ0v) is 11.2. The average Bonchev–Trinajstić information content (AvgIpc) is 2.29. The minimum atomic E-state index is -0.621. The predicted molar refractivity (Wildman–Crippen MR) is 69.0 cm³/mol. The number of ether oxygens (including phenoxy) is 2. The van der Waals surface area contributed by atoms with Crippen LogP contribution >= 0.6 is 0 Å². The summed E-state index contributed by atoms with van der Waals surface area (Å²) in [4.78, 5) is 12.1. The number of nitrogens with one attached hydrogen (secondary N) is 1. The van der Waals surface area contributed by atoms with Gasteiger partial charge >= 0.3 is 0 Å². The number of fused-ring (bicyclic) bond motifs is 1. The van der Waals surface area contributed by atoms with Crippen molar-refractivity contribution in [2.45, 2.75) is 45.9 Å². The molecule has 1 amide bonds. The Bertz CT molecular complexity index is 470. The van der Waals surface area contributed by atoms with Crippen LogP contribution in [0, 0.1) is 0 Å². The molecule has 0 aromatic heterocycles. The minimum absolute atomic E-state index is 0.0801. The van der Waals surface area contributed by atoms with Gasteiger partial charge in [0.2, 0.25) is 0 Å². The van der Waals surface area contributed by atoms with E-state index in [9.17, 15) is 4.79 Å². The monoisotopic (exact) mass is 249 g/mol. The second-order valence-electron chi connectivity index (χ2n) is 4.97. The van der Waals surface area contributed by atoms with Gasteiger partial charge in [-0.05, 0) is 39.0 Å². The Hall–Kier alpha value is -1.71. The number of benzene rings is 1. The summed E-state index contributed by atoms with van der Waals surface area (Å²) >= 11 is 0. The van der Waals surface area contributed by atoms with E-state index in [0.29, 0.717) is 23.5 Å². The van der Waals surface area contributed by atoms with Crippen LogP contribution in [0.2, 0.25) is 0 Å². The van der Waals surface area contributed by atoms with Crippen LogP contribution in [0.4, 0.5) is 0 Å². The number of carbonyl (C=O) groups is 1. The van der Waals surface area contributed by atoms with Crippen molar-refractivity contribution >= 4 is 5.91 Å². The smallest absolute Gasteiger partial charge is 0.258 e. The molecule has 0 saturated heterocycles. The summed E-state index contributed by atoms with van der Waals surface area (Å²) in [6, 6.07) is 5.34. The zero-order chi connectivity index (χ0) is 13.3. The van der Waals surface area contributed by atoms with Gasteiger partial charge in [-0.15, -0.1) is 0 Å². The second-order valence-corrected chi connectivity index (χ2v) is 4.97. The molecule has 1 unspecified atom stereocenters. The van der Waals surface area contributed by atoms with Crippen LogP contribution in [0.25, 0.3) is 0 Å². The highest BCUT2D eigenvalue weighted by Gasteiger charge is 2.34. The lowest BCUT2D eigenvalue weighted by Gasteiger charge is -2.35. The van der Waals surface area contributed by atoms with Gasteiger partial charge < -0.3 is 14.8 Å². The number of hydrogen-bond donors (Lipinski definition) is 1. The van der Waals surface area contributed by atoms with Gasteiger partial charge in [0.05, 0.1) is 11.7 Å². The molecule has 1 aliphatic heterocycles. The van der Waals surface area contributed by atoms with Crippen LogP contribution < -0.4 is 14.8 Å². The molecule has 1 N–H and O–H groups in total. The standard InChI is InChI=1S/C14H19NO3/c1-5-14(4)15-13(16)11-8-10(17-9(2)3)6-7-12(11)18-14/h6-9H,5H2,1-4H3,(H,15,16). The van der Waals surface area contributed by atoms with Gasteiger partial charge in [-0.2, -0.15) is 0 Å². The predicted octanol–water partition coefficient (Wildman–Crippen LogP) is 2.72. The molecule has 4 nitrogen and oxygen atoms in total. The lowest BCUT2D eigenvalue weighted by atomic mass is 10.1. The van der Waals surface area contributed by atoms with Crippen molar-refractivity contribution in [2.75, 3.05) is 0 Å². The molecule has 0 spiro atoms. The maximum Gasteiger partial charge on any atom is 0.258 e. The first-order valence-corrected chi connectivity index (χ1v) is 6.26. The van der Waals surface area contributed by atoms with Crippen molar-refractivity contribution in [3.8, 4) is 11.5 Å². The second kappa shape index (κ2) is 4.52. The van der Waals surface area contributed by atoms with Crippen molar-refractivity contribution in [1.82, 2.24) is 5.32 Å². The van der Waals surface area contributed by atoms with Crippen LogP contribution in [-0.2, 0) is 0 Å².